The zero-order chi connectivity index (χ0) is 10.4. The van der Waals surface area contributed by atoms with Crippen LogP contribution in [0.1, 0.15) is 0 Å². The minimum atomic E-state index is -4.01. The van der Waals surface area contributed by atoms with E-state index in [2.05, 4.69) is 11.6 Å². The number of alkyl halides is 3. The molecular weight excluding hydrogens is 222 g/mol. The average molecular weight is 223 g/mol. The molecule has 0 bridgehead atoms. The summed E-state index contributed by atoms with van der Waals surface area (Å²) < 4.78 is 74.0. The van der Waals surface area contributed by atoms with Crippen LogP contribution in [0.15, 0.2) is 23.3 Å². The molecular formula is C6HClF6. The average Bonchev–Trinajstić information content (AvgIpc) is 2.09. The maximum absolute atomic E-state index is 12.6. The van der Waals surface area contributed by atoms with Gasteiger partial charge in [-0.1, -0.05) is 11.6 Å². The Balaban J connectivity index is 3.32. The van der Waals surface area contributed by atoms with E-state index in [9.17, 15) is 26.3 Å². The molecule has 0 aromatic carbocycles. The van der Waals surface area contributed by atoms with Crippen LogP contribution in [0.4, 0.5) is 26.3 Å². The number of hydrogen-bond donors (Lipinski definition) is 0. The predicted octanol–water partition coefficient (Wildman–Crippen LogP) is 3.54. The first-order valence-electron chi connectivity index (χ1n) is 2.93. The van der Waals surface area contributed by atoms with Gasteiger partial charge in [-0.2, -0.15) is 0 Å². The number of hydrogen-bond acceptors (Lipinski definition) is 0. The molecule has 2 unspecified atom stereocenters. The lowest BCUT2D eigenvalue weighted by Crippen LogP contribution is -2.34. The van der Waals surface area contributed by atoms with Crippen LogP contribution in [-0.4, -0.2) is 11.3 Å². The molecule has 0 spiro atoms. The topological polar surface area (TPSA) is 0 Å². The van der Waals surface area contributed by atoms with Crippen LogP contribution in [-0.2, 0) is 0 Å². The van der Waals surface area contributed by atoms with Crippen molar-refractivity contribution < 1.29 is 26.3 Å². The van der Waals surface area contributed by atoms with Crippen LogP contribution in [0.25, 0.3) is 0 Å². The van der Waals surface area contributed by atoms with Gasteiger partial charge in [0.25, 0.3) is 5.13 Å². The lowest BCUT2D eigenvalue weighted by Gasteiger charge is -2.23. The van der Waals surface area contributed by atoms with E-state index in [1.54, 1.807) is 0 Å². The van der Waals surface area contributed by atoms with E-state index in [0.29, 0.717) is 0 Å². The molecule has 0 aliphatic heterocycles. The van der Waals surface area contributed by atoms with Gasteiger partial charge in [-0.05, 0) is 0 Å². The third-order valence-corrected chi connectivity index (χ3v) is 1.79. The third kappa shape index (κ3) is 1.33. The van der Waals surface area contributed by atoms with Gasteiger partial charge >= 0.3 is 0 Å². The summed E-state index contributed by atoms with van der Waals surface area (Å²) in [6, 6.07) is 0. The van der Waals surface area contributed by atoms with E-state index < -0.39 is 34.6 Å². The normalized spacial score (nSPS) is 35.8. The van der Waals surface area contributed by atoms with Gasteiger partial charge in [0, 0.05) is 0 Å². The molecule has 7 heteroatoms. The molecule has 0 radical (unpaired) electrons. The summed E-state index contributed by atoms with van der Waals surface area (Å²) in [5.41, 5.74) is 0. The van der Waals surface area contributed by atoms with Crippen LogP contribution in [0.3, 0.4) is 0 Å². The van der Waals surface area contributed by atoms with Crippen LogP contribution < -0.4 is 0 Å². The second kappa shape index (κ2) is 2.94. The van der Waals surface area contributed by atoms with Gasteiger partial charge in [-0.25, -0.2) is 26.3 Å². The summed E-state index contributed by atoms with van der Waals surface area (Å²) in [6.45, 7) is 0. The SMILES string of the molecule is FC1=C(F)C(F)C(F)(Cl)C(F)=C1F. The van der Waals surface area contributed by atoms with Crippen molar-refractivity contribution in [2.75, 3.05) is 0 Å². The fourth-order valence-corrected chi connectivity index (χ4v) is 0.908. The van der Waals surface area contributed by atoms with Gasteiger partial charge in [0.1, 0.15) is 0 Å². The van der Waals surface area contributed by atoms with Crippen molar-refractivity contribution in [1.29, 1.82) is 0 Å². The molecule has 0 aromatic heterocycles. The summed E-state index contributed by atoms with van der Waals surface area (Å²) in [4.78, 5) is 0. The zero-order valence-electron chi connectivity index (χ0n) is 5.72. The summed E-state index contributed by atoms with van der Waals surface area (Å²) >= 11 is 4.47. The minimum Gasteiger partial charge on any atom is -0.234 e. The molecule has 1 rings (SSSR count). The summed E-state index contributed by atoms with van der Waals surface area (Å²) in [5, 5.41) is -4.01. The molecule has 0 heterocycles. The first kappa shape index (κ1) is 10.4. The monoisotopic (exact) mass is 222 g/mol. The molecule has 1 aliphatic rings. The lowest BCUT2D eigenvalue weighted by molar-refractivity contribution is 0.126. The van der Waals surface area contributed by atoms with Crippen LogP contribution in [0.2, 0.25) is 0 Å². The third-order valence-electron chi connectivity index (χ3n) is 1.43. The molecule has 0 nitrogen and oxygen atoms in total. The fraction of sp³-hybridized carbons (Fsp3) is 0.333. The molecule has 0 fully saturated rings. The van der Waals surface area contributed by atoms with Crippen molar-refractivity contribution in [3.8, 4) is 0 Å². The zero-order valence-corrected chi connectivity index (χ0v) is 6.48. The Bertz CT molecular complexity index is 304. The second-order valence-electron chi connectivity index (χ2n) is 2.28. The van der Waals surface area contributed by atoms with Crippen molar-refractivity contribution in [2.45, 2.75) is 11.3 Å². The van der Waals surface area contributed by atoms with E-state index in [4.69, 9.17) is 0 Å². The smallest absolute Gasteiger partial charge is 0.234 e. The first-order valence-corrected chi connectivity index (χ1v) is 3.31. The van der Waals surface area contributed by atoms with Gasteiger partial charge in [0.05, 0.1) is 0 Å². The van der Waals surface area contributed by atoms with Crippen LogP contribution >= 0.6 is 11.6 Å². The standard InChI is InChI=1S/C6HClF6/c7-6(13)4(11)2(9)1(8)3(10)5(6)12/h4H. The highest BCUT2D eigenvalue weighted by atomic mass is 35.5. The molecule has 0 aromatic rings. The highest BCUT2D eigenvalue weighted by Gasteiger charge is 2.52. The molecule has 0 saturated carbocycles. The van der Waals surface area contributed by atoms with Gasteiger partial charge in [-0.3, -0.25) is 0 Å². The maximum atomic E-state index is 12.6. The Kier molecular flexibility index (Phi) is 2.36. The number of allylic oxidation sites excluding steroid dienone is 4. The first-order chi connectivity index (χ1) is 5.80. The largest absolute Gasteiger partial charge is 0.275 e. The number of rotatable bonds is 0. The van der Waals surface area contributed by atoms with Crippen molar-refractivity contribution in [1.82, 2.24) is 0 Å². The predicted molar refractivity (Wildman–Crippen MR) is 33.1 cm³/mol. The van der Waals surface area contributed by atoms with Crippen molar-refractivity contribution in [3.05, 3.63) is 23.3 Å². The molecule has 0 N–H and O–H groups in total. The molecule has 0 amide bonds. The highest BCUT2D eigenvalue weighted by molar-refractivity contribution is 6.25. The Morgan fingerprint density at radius 1 is 1.08 bits per heavy atom. The van der Waals surface area contributed by atoms with Crippen molar-refractivity contribution in [3.63, 3.8) is 0 Å². The highest BCUT2D eigenvalue weighted by Crippen LogP contribution is 2.46. The fourth-order valence-electron chi connectivity index (χ4n) is 0.729. The van der Waals surface area contributed by atoms with E-state index >= 15 is 0 Å². The summed E-state index contributed by atoms with van der Waals surface area (Å²) in [7, 11) is 0. The van der Waals surface area contributed by atoms with E-state index in [1.165, 1.54) is 0 Å². The van der Waals surface area contributed by atoms with Gasteiger partial charge < -0.3 is 0 Å². The van der Waals surface area contributed by atoms with Gasteiger partial charge in [0.15, 0.2) is 23.3 Å². The molecule has 74 valence electrons. The van der Waals surface area contributed by atoms with Crippen molar-refractivity contribution >= 4 is 11.6 Å². The molecule has 1 aliphatic carbocycles. The van der Waals surface area contributed by atoms with E-state index in [0.717, 1.165) is 0 Å². The summed E-state index contributed by atoms with van der Waals surface area (Å²) in [6.07, 6.45) is -3.38. The Hall–Kier alpha value is -0.650. The van der Waals surface area contributed by atoms with E-state index in [-0.39, 0.29) is 0 Å². The van der Waals surface area contributed by atoms with Gasteiger partial charge in [0.2, 0.25) is 6.17 Å². The van der Waals surface area contributed by atoms with Crippen LogP contribution in [0, 0.1) is 0 Å². The molecule has 2 atom stereocenters. The van der Waals surface area contributed by atoms with Crippen LogP contribution in [0.5, 0.6) is 0 Å². The lowest BCUT2D eigenvalue weighted by atomic mass is 10.1. The minimum absolute atomic E-state index is 2.39. The Morgan fingerprint density at radius 2 is 1.54 bits per heavy atom. The molecule has 13 heavy (non-hydrogen) atoms. The maximum Gasteiger partial charge on any atom is 0.275 e. The second-order valence-corrected chi connectivity index (χ2v) is 2.83. The molecule has 0 saturated heterocycles. The summed E-state index contributed by atoms with van der Waals surface area (Å²) in [5.74, 6) is -9.75. The van der Waals surface area contributed by atoms with Crippen molar-refractivity contribution in [2.24, 2.45) is 0 Å². The Morgan fingerprint density at radius 3 is 2.00 bits per heavy atom. The van der Waals surface area contributed by atoms with Gasteiger partial charge in [-0.15, -0.1) is 0 Å². The van der Waals surface area contributed by atoms with E-state index in [1.807, 2.05) is 0 Å². The Labute approximate surface area is 73.5 Å². The number of halogens is 7. The quantitative estimate of drug-likeness (QED) is 0.434.